The van der Waals surface area contributed by atoms with E-state index in [0.717, 1.165) is 40.9 Å². The van der Waals surface area contributed by atoms with Crippen molar-refractivity contribution in [1.29, 1.82) is 0 Å². The quantitative estimate of drug-likeness (QED) is 0.516. The van der Waals surface area contributed by atoms with Crippen LogP contribution in [-0.4, -0.2) is 25.6 Å². The molecule has 0 saturated carbocycles. The summed E-state index contributed by atoms with van der Waals surface area (Å²) in [6, 6.07) is 11.6. The molecule has 6 nitrogen and oxygen atoms in total. The van der Waals surface area contributed by atoms with Crippen LogP contribution in [-0.2, 0) is 33.0 Å². The van der Waals surface area contributed by atoms with Crippen LogP contribution in [0.2, 0.25) is 0 Å². The highest BCUT2D eigenvalue weighted by molar-refractivity contribution is 7.20. The molecule has 7 heteroatoms. The molecule has 142 valence electrons. The van der Waals surface area contributed by atoms with Crippen molar-refractivity contribution >= 4 is 27.5 Å². The fraction of sp³-hybridized carbons (Fsp3) is 0.286. The molecule has 0 atom stereocenters. The van der Waals surface area contributed by atoms with E-state index in [4.69, 9.17) is 9.52 Å². The predicted octanol–water partition coefficient (Wildman–Crippen LogP) is 3.95. The number of benzene rings is 1. The number of fused-ring (bicyclic) bond motifs is 2. The van der Waals surface area contributed by atoms with Gasteiger partial charge in [0, 0.05) is 12.7 Å². The van der Waals surface area contributed by atoms with Gasteiger partial charge in [-0.1, -0.05) is 12.1 Å². The Morgan fingerprint density at radius 2 is 2.11 bits per heavy atom. The Bertz CT molecular complexity index is 1110. The first-order chi connectivity index (χ1) is 13.7. The highest BCUT2D eigenvalue weighted by Gasteiger charge is 2.26. The minimum Gasteiger partial charge on any atom is -0.467 e. The minimum atomic E-state index is -0.0880. The van der Waals surface area contributed by atoms with Crippen LogP contribution in [0.3, 0.4) is 0 Å². The highest BCUT2D eigenvalue weighted by atomic mass is 32.1. The fourth-order valence-electron chi connectivity index (χ4n) is 3.89. The van der Waals surface area contributed by atoms with E-state index >= 15 is 0 Å². The summed E-state index contributed by atoms with van der Waals surface area (Å²) in [6.07, 6.45) is 4.87. The molecule has 1 aliphatic carbocycles. The largest absolute Gasteiger partial charge is 0.467 e. The molecular formula is C21H20N4O2S. The van der Waals surface area contributed by atoms with Crippen LogP contribution in [0.15, 0.2) is 47.1 Å². The van der Waals surface area contributed by atoms with Gasteiger partial charge in [-0.3, -0.25) is 9.48 Å². The van der Waals surface area contributed by atoms with Crippen molar-refractivity contribution in [2.45, 2.75) is 32.4 Å². The fourth-order valence-corrected chi connectivity index (χ4v) is 4.83. The summed E-state index contributed by atoms with van der Waals surface area (Å²) in [6.45, 7) is 0.853. The summed E-state index contributed by atoms with van der Waals surface area (Å²) in [5.74, 6) is 0.664. The van der Waals surface area contributed by atoms with Crippen LogP contribution in [0.1, 0.15) is 38.9 Å². The molecule has 3 heterocycles. The Labute approximate surface area is 166 Å². The number of amides is 1. The molecule has 1 aliphatic rings. The van der Waals surface area contributed by atoms with E-state index in [0.29, 0.717) is 18.1 Å². The monoisotopic (exact) mass is 392 g/mol. The van der Waals surface area contributed by atoms with Gasteiger partial charge in [-0.2, -0.15) is 5.10 Å². The average Bonchev–Trinajstić information content (AvgIpc) is 3.47. The molecule has 0 spiro atoms. The molecule has 0 fully saturated rings. The van der Waals surface area contributed by atoms with E-state index in [1.165, 1.54) is 22.6 Å². The number of aromatic nitrogens is 3. The summed E-state index contributed by atoms with van der Waals surface area (Å²) >= 11 is 1.43. The summed E-state index contributed by atoms with van der Waals surface area (Å²) in [5.41, 5.74) is 4.42. The molecule has 1 amide bonds. The van der Waals surface area contributed by atoms with E-state index in [1.807, 2.05) is 48.1 Å². The summed E-state index contributed by atoms with van der Waals surface area (Å²) in [4.78, 5) is 19.7. The van der Waals surface area contributed by atoms with Gasteiger partial charge in [0.2, 0.25) is 0 Å². The van der Waals surface area contributed by atoms with Crippen molar-refractivity contribution in [3.63, 3.8) is 0 Å². The Morgan fingerprint density at radius 1 is 1.21 bits per heavy atom. The third kappa shape index (κ3) is 3.01. The van der Waals surface area contributed by atoms with Crippen molar-refractivity contribution < 1.29 is 9.21 Å². The maximum Gasteiger partial charge on any atom is 0.283 e. The smallest absolute Gasteiger partial charge is 0.283 e. The molecule has 0 bridgehead atoms. The summed E-state index contributed by atoms with van der Waals surface area (Å²) in [7, 11) is 1.99. The standard InChI is InChI=1S/C21H20N4O2S/c1-24-18-9-4-7-15(18)17(23-24)13-25(12-14-6-5-11-27-14)21(26)20-22-16-8-2-3-10-19(16)28-20/h2-3,5-6,8,10-11H,4,7,9,12-13H2,1H3. The maximum atomic E-state index is 13.3. The number of hydrogen-bond acceptors (Lipinski definition) is 5. The van der Waals surface area contributed by atoms with E-state index in [-0.39, 0.29) is 5.91 Å². The molecule has 1 aromatic carbocycles. The Balaban J connectivity index is 1.49. The first-order valence-corrected chi connectivity index (χ1v) is 10.2. The molecule has 0 radical (unpaired) electrons. The lowest BCUT2D eigenvalue weighted by Crippen LogP contribution is -2.30. The Kier molecular flexibility index (Phi) is 4.24. The zero-order valence-corrected chi connectivity index (χ0v) is 16.4. The number of furan rings is 1. The molecule has 0 unspecified atom stereocenters. The molecule has 3 aromatic heterocycles. The molecule has 0 N–H and O–H groups in total. The van der Waals surface area contributed by atoms with Gasteiger partial charge in [0.1, 0.15) is 5.76 Å². The van der Waals surface area contributed by atoms with Crippen LogP contribution >= 0.6 is 11.3 Å². The second-order valence-electron chi connectivity index (χ2n) is 7.08. The number of para-hydroxylation sites is 1. The Morgan fingerprint density at radius 3 is 2.93 bits per heavy atom. The van der Waals surface area contributed by atoms with Crippen molar-refractivity contribution in [1.82, 2.24) is 19.7 Å². The molecule has 28 heavy (non-hydrogen) atoms. The highest BCUT2D eigenvalue weighted by Crippen LogP contribution is 2.28. The van der Waals surface area contributed by atoms with Crippen LogP contribution in [0, 0.1) is 0 Å². The van der Waals surface area contributed by atoms with Crippen LogP contribution < -0.4 is 0 Å². The van der Waals surface area contributed by atoms with Crippen LogP contribution in [0.25, 0.3) is 10.2 Å². The number of rotatable bonds is 5. The normalized spacial score (nSPS) is 13.2. The van der Waals surface area contributed by atoms with Gasteiger partial charge in [-0.15, -0.1) is 11.3 Å². The molecule has 0 aliphatic heterocycles. The lowest BCUT2D eigenvalue weighted by Gasteiger charge is -2.20. The maximum absolute atomic E-state index is 13.3. The van der Waals surface area contributed by atoms with E-state index in [1.54, 1.807) is 11.2 Å². The number of aryl methyl sites for hydroxylation is 1. The van der Waals surface area contributed by atoms with Crippen molar-refractivity contribution in [2.75, 3.05) is 0 Å². The zero-order chi connectivity index (χ0) is 19.1. The van der Waals surface area contributed by atoms with Crippen molar-refractivity contribution in [3.05, 3.63) is 70.4 Å². The number of nitrogens with zero attached hydrogens (tertiary/aromatic N) is 4. The lowest BCUT2D eigenvalue weighted by molar-refractivity contribution is 0.0714. The van der Waals surface area contributed by atoms with Crippen molar-refractivity contribution in [2.24, 2.45) is 7.05 Å². The number of thiazole rings is 1. The SMILES string of the molecule is Cn1nc(CN(Cc2ccco2)C(=O)c2nc3ccccc3s2)c2c1CCC2. The summed E-state index contributed by atoms with van der Waals surface area (Å²) < 4.78 is 8.49. The topological polar surface area (TPSA) is 64.2 Å². The average molecular weight is 392 g/mol. The summed E-state index contributed by atoms with van der Waals surface area (Å²) in [5, 5.41) is 5.20. The van der Waals surface area contributed by atoms with E-state index < -0.39 is 0 Å². The third-order valence-corrected chi connectivity index (χ3v) is 6.25. The lowest BCUT2D eigenvalue weighted by atomic mass is 10.2. The van der Waals surface area contributed by atoms with Gasteiger partial charge in [-0.25, -0.2) is 4.98 Å². The van der Waals surface area contributed by atoms with Crippen LogP contribution in [0.5, 0.6) is 0 Å². The van der Waals surface area contributed by atoms with Gasteiger partial charge in [0.25, 0.3) is 5.91 Å². The van der Waals surface area contributed by atoms with Gasteiger partial charge < -0.3 is 9.32 Å². The van der Waals surface area contributed by atoms with Crippen molar-refractivity contribution in [3.8, 4) is 0 Å². The molecular weight excluding hydrogens is 372 g/mol. The van der Waals surface area contributed by atoms with Gasteiger partial charge in [0.05, 0.1) is 35.3 Å². The minimum absolute atomic E-state index is 0.0880. The second-order valence-corrected chi connectivity index (χ2v) is 8.11. The first kappa shape index (κ1) is 17.2. The van der Waals surface area contributed by atoms with Gasteiger partial charge >= 0.3 is 0 Å². The number of hydrogen-bond donors (Lipinski definition) is 0. The molecule has 5 rings (SSSR count). The third-order valence-electron chi connectivity index (χ3n) is 5.23. The zero-order valence-electron chi connectivity index (χ0n) is 15.6. The predicted molar refractivity (Wildman–Crippen MR) is 107 cm³/mol. The number of carbonyl (C=O) groups excluding carboxylic acids is 1. The van der Waals surface area contributed by atoms with Gasteiger partial charge in [0.15, 0.2) is 5.01 Å². The van der Waals surface area contributed by atoms with Crippen LogP contribution in [0.4, 0.5) is 0 Å². The van der Waals surface area contributed by atoms with E-state index in [9.17, 15) is 4.79 Å². The molecule has 0 saturated heterocycles. The first-order valence-electron chi connectivity index (χ1n) is 9.40. The molecule has 4 aromatic rings. The van der Waals surface area contributed by atoms with Gasteiger partial charge in [-0.05, 0) is 49.1 Å². The Hall–Kier alpha value is -2.93. The second kappa shape index (κ2) is 6.91. The number of carbonyl (C=O) groups is 1. The van der Waals surface area contributed by atoms with E-state index in [2.05, 4.69) is 4.98 Å².